The molecule has 7 nitrogen and oxygen atoms in total. The van der Waals surface area contributed by atoms with E-state index in [0.717, 1.165) is 10.9 Å². The number of urea groups is 1. The lowest BCUT2D eigenvalue weighted by molar-refractivity contribution is -0.133. The summed E-state index contributed by atoms with van der Waals surface area (Å²) in [5.74, 6) is -0.756. The molecule has 3 heterocycles. The van der Waals surface area contributed by atoms with Crippen molar-refractivity contribution >= 4 is 34.4 Å². The number of fused-ring (bicyclic) bond motifs is 4. The molecule has 1 aromatic heterocycles. The molecular weight excluding hydrogens is 471 g/mol. The lowest BCUT2D eigenvalue weighted by Gasteiger charge is -2.42. The van der Waals surface area contributed by atoms with Crippen molar-refractivity contribution < 1.29 is 19.1 Å². The first-order valence-corrected chi connectivity index (χ1v) is 12.2. The molecule has 3 amide bonds. The standard InChI is InChI=1S/C26H28ClFN4O3/c1-14(2)29-8-5-9-31-24(34)26(3)13-18-17-11-19(27)20(28)12-21(17)30-22(18)23(32(26)25(31)35)15-6-4-7-16(33)10-15/h4,6-7,10-12,14,23,29-30,33H,5,8-9,13H2,1-3H3. The quantitative estimate of drug-likeness (QED) is 0.339. The number of amides is 3. The second kappa shape index (κ2) is 8.53. The second-order valence-electron chi connectivity index (χ2n) is 9.85. The van der Waals surface area contributed by atoms with Crippen molar-refractivity contribution in [3.63, 3.8) is 0 Å². The zero-order valence-corrected chi connectivity index (χ0v) is 20.6. The average molecular weight is 499 g/mol. The van der Waals surface area contributed by atoms with E-state index in [4.69, 9.17) is 11.6 Å². The van der Waals surface area contributed by atoms with Crippen molar-refractivity contribution in [2.45, 2.75) is 51.2 Å². The van der Waals surface area contributed by atoms with Crippen molar-refractivity contribution in [3.8, 4) is 5.75 Å². The summed E-state index contributed by atoms with van der Waals surface area (Å²) in [6.45, 7) is 6.87. The molecule has 2 aromatic carbocycles. The summed E-state index contributed by atoms with van der Waals surface area (Å²) in [6, 6.07) is 8.83. The molecule has 2 aliphatic rings. The summed E-state index contributed by atoms with van der Waals surface area (Å²) in [7, 11) is 0. The highest BCUT2D eigenvalue weighted by Gasteiger charge is 2.60. The highest BCUT2D eigenvalue weighted by atomic mass is 35.5. The lowest BCUT2D eigenvalue weighted by atomic mass is 9.81. The van der Waals surface area contributed by atoms with E-state index in [0.29, 0.717) is 42.3 Å². The Hall–Kier alpha value is -3.10. The van der Waals surface area contributed by atoms with Crippen LogP contribution in [0.1, 0.15) is 50.1 Å². The number of nitrogens with zero attached hydrogens (tertiary/aromatic N) is 2. The topological polar surface area (TPSA) is 88.7 Å². The molecule has 2 aliphatic heterocycles. The fourth-order valence-corrected chi connectivity index (χ4v) is 5.54. The molecule has 3 N–H and O–H groups in total. The molecule has 5 rings (SSSR count). The van der Waals surface area contributed by atoms with E-state index >= 15 is 0 Å². The molecule has 35 heavy (non-hydrogen) atoms. The van der Waals surface area contributed by atoms with Gasteiger partial charge in [0, 0.05) is 35.6 Å². The number of aromatic amines is 1. The van der Waals surface area contributed by atoms with Crippen molar-refractivity contribution in [3.05, 3.63) is 64.1 Å². The third-order valence-electron chi connectivity index (χ3n) is 7.00. The van der Waals surface area contributed by atoms with Gasteiger partial charge in [-0.15, -0.1) is 0 Å². The largest absolute Gasteiger partial charge is 0.508 e. The number of H-pyrrole nitrogens is 1. The van der Waals surface area contributed by atoms with Crippen LogP contribution in [0.15, 0.2) is 36.4 Å². The Labute approximate surface area is 207 Å². The molecule has 1 saturated heterocycles. The van der Waals surface area contributed by atoms with E-state index < -0.39 is 17.4 Å². The van der Waals surface area contributed by atoms with Gasteiger partial charge in [-0.2, -0.15) is 0 Å². The molecule has 2 unspecified atom stereocenters. The first-order valence-electron chi connectivity index (χ1n) is 11.8. The third-order valence-corrected chi connectivity index (χ3v) is 7.29. The smallest absolute Gasteiger partial charge is 0.328 e. The van der Waals surface area contributed by atoms with Gasteiger partial charge in [0.05, 0.1) is 5.02 Å². The maximum absolute atomic E-state index is 14.2. The number of imide groups is 1. The molecule has 2 atom stereocenters. The number of phenolic OH excluding ortho intramolecular Hbond substituents is 1. The van der Waals surface area contributed by atoms with Crippen molar-refractivity contribution in [1.29, 1.82) is 0 Å². The predicted octanol–water partition coefficient (Wildman–Crippen LogP) is 4.72. The maximum atomic E-state index is 14.2. The average Bonchev–Trinajstić information content (AvgIpc) is 3.22. The van der Waals surface area contributed by atoms with Gasteiger partial charge < -0.3 is 15.4 Å². The number of hydrogen-bond donors (Lipinski definition) is 3. The van der Waals surface area contributed by atoms with Gasteiger partial charge in [0.15, 0.2) is 0 Å². The number of aromatic hydroxyl groups is 1. The van der Waals surface area contributed by atoms with Gasteiger partial charge >= 0.3 is 6.03 Å². The third kappa shape index (κ3) is 3.76. The first-order chi connectivity index (χ1) is 16.6. The van der Waals surface area contributed by atoms with Gasteiger partial charge in [0.2, 0.25) is 0 Å². The minimum atomic E-state index is -1.14. The van der Waals surface area contributed by atoms with E-state index in [9.17, 15) is 19.1 Å². The molecule has 0 bridgehead atoms. The van der Waals surface area contributed by atoms with E-state index in [1.54, 1.807) is 36.1 Å². The number of halogens is 2. The van der Waals surface area contributed by atoms with Crippen LogP contribution in [0, 0.1) is 5.82 Å². The highest BCUT2D eigenvalue weighted by molar-refractivity contribution is 6.31. The zero-order valence-electron chi connectivity index (χ0n) is 19.9. The van der Waals surface area contributed by atoms with Gasteiger partial charge in [0.25, 0.3) is 5.91 Å². The van der Waals surface area contributed by atoms with Crippen LogP contribution in [0.3, 0.4) is 0 Å². The fraction of sp³-hybridized carbons (Fsp3) is 0.385. The molecule has 0 saturated carbocycles. The summed E-state index contributed by atoms with van der Waals surface area (Å²) < 4.78 is 14.2. The number of carbonyl (C=O) groups is 2. The van der Waals surface area contributed by atoms with Crippen LogP contribution in [0.5, 0.6) is 5.75 Å². The zero-order chi connectivity index (χ0) is 25.1. The molecule has 1 fully saturated rings. The Kier molecular flexibility index (Phi) is 5.76. The number of rotatable bonds is 6. The van der Waals surface area contributed by atoms with Gasteiger partial charge in [0.1, 0.15) is 23.1 Å². The maximum Gasteiger partial charge on any atom is 0.328 e. The van der Waals surface area contributed by atoms with Crippen LogP contribution in [-0.4, -0.2) is 56.5 Å². The van der Waals surface area contributed by atoms with Crippen LogP contribution in [0.25, 0.3) is 10.9 Å². The van der Waals surface area contributed by atoms with Gasteiger partial charge in [-0.3, -0.25) is 14.6 Å². The van der Waals surface area contributed by atoms with Crippen LogP contribution in [-0.2, 0) is 11.2 Å². The minimum Gasteiger partial charge on any atom is -0.508 e. The Bertz CT molecular complexity index is 1340. The van der Waals surface area contributed by atoms with Gasteiger partial charge in [-0.25, -0.2) is 9.18 Å². The van der Waals surface area contributed by atoms with E-state index in [1.807, 2.05) is 19.9 Å². The van der Waals surface area contributed by atoms with Crippen LogP contribution >= 0.6 is 11.6 Å². The summed E-state index contributed by atoms with van der Waals surface area (Å²) in [6.07, 6.45) is 0.907. The Morgan fingerprint density at radius 2 is 2.06 bits per heavy atom. The molecule has 0 radical (unpaired) electrons. The molecule has 184 valence electrons. The van der Waals surface area contributed by atoms with Gasteiger partial charge in [-0.1, -0.05) is 37.6 Å². The number of aromatic nitrogens is 1. The Balaban J connectivity index is 1.63. The van der Waals surface area contributed by atoms with E-state index in [1.165, 1.54) is 11.0 Å². The summed E-state index contributed by atoms with van der Waals surface area (Å²) in [4.78, 5) is 33.7. The number of hydrogen-bond acceptors (Lipinski definition) is 4. The highest BCUT2D eigenvalue weighted by Crippen LogP contribution is 2.49. The van der Waals surface area contributed by atoms with E-state index in [-0.39, 0.29) is 29.1 Å². The predicted molar refractivity (Wildman–Crippen MR) is 132 cm³/mol. The number of phenols is 1. The van der Waals surface area contributed by atoms with Crippen LogP contribution < -0.4 is 5.32 Å². The monoisotopic (exact) mass is 498 g/mol. The van der Waals surface area contributed by atoms with Crippen LogP contribution in [0.4, 0.5) is 9.18 Å². The van der Waals surface area contributed by atoms with E-state index in [2.05, 4.69) is 10.3 Å². The SMILES string of the molecule is CC(C)NCCCN1C(=O)N2C(c3cccc(O)c3)c3[nH]c4cc(F)c(Cl)cc4c3CC2(C)C1=O. The summed E-state index contributed by atoms with van der Waals surface area (Å²) in [5, 5.41) is 14.2. The minimum absolute atomic E-state index is 0.00566. The lowest BCUT2D eigenvalue weighted by Crippen LogP contribution is -2.53. The second-order valence-corrected chi connectivity index (χ2v) is 10.3. The molecular formula is C26H28ClFN4O3. The number of carbonyl (C=O) groups excluding carboxylic acids is 2. The fourth-order valence-electron chi connectivity index (χ4n) is 5.38. The van der Waals surface area contributed by atoms with Crippen molar-refractivity contribution in [2.24, 2.45) is 0 Å². The number of nitrogens with one attached hydrogen (secondary N) is 2. The molecule has 0 spiro atoms. The van der Waals surface area contributed by atoms with Crippen molar-refractivity contribution in [1.82, 2.24) is 20.1 Å². The molecule has 3 aromatic rings. The van der Waals surface area contributed by atoms with Crippen LogP contribution in [0.2, 0.25) is 5.02 Å². The molecule has 9 heteroatoms. The Morgan fingerprint density at radius 3 is 2.77 bits per heavy atom. The summed E-state index contributed by atoms with van der Waals surface area (Å²) in [5.41, 5.74) is 1.57. The summed E-state index contributed by atoms with van der Waals surface area (Å²) >= 11 is 6.11. The normalized spacial score (nSPS) is 21.8. The van der Waals surface area contributed by atoms with Gasteiger partial charge in [-0.05, 0) is 55.3 Å². The van der Waals surface area contributed by atoms with Crippen molar-refractivity contribution in [2.75, 3.05) is 13.1 Å². The number of benzene rings is 2. The molecule has 0 aliphatic carbocycles. The first kappa shape index (κ1) is 23.6. The Morgan fingerprint density at radius 1 is 1.29 bits per heavy atom.